The van der Waals surface area contributed by atoms with Crippen molar-refractivity contribution in [2.75, 3.05) is 6.54 Å². The first kappa shape index (κ1) is 25.3. The quantitative estimate of drug-likeness (QED) is 0.219. The normalized spacial score (nSPS) is 14.1. The molecule has 0 spiro atoms. The maximum absolute atomic E-state index is 12.6. The molecule has 0 rings (SSSR count). The topological polar surface area (TPSA) is 194 Å². The van der Waals surface area contributed by atoms with Crippen LogP contribution in [0.3, 0.4) is 0 Å². The van der Waals surface area contributed by atoms with E-state index in [1.807, 2.05) is 13.8 Å². The summed E-state index contributed by atoms with van der Waals surface area (Å²) in [7, 11) is 0. The van der Waals surface area contributed by atoms with E-state index in [-0.39, 0.29) is 18.3 Å². The molecule has 11 nitrogen and oxygen atoms in total. The van der Waals surface area contributed by atoms with E-state index < -0.39 is 60.7 Å². The monoisotopic (exact) mass is 401 g/mol. The minimum absolute atomic E-state index is 0.0294. The van der Waals surface area contributed by atoms with Gasteiger partial charge in [-0.15, -0.1) is 0 Å². The Morgan fingerprint density at radius 2 is 1.43 bits per heavy atom. The number of nitrogens with two attached hydrogens (primary N) is 2. The van der Waals surface area contributed by atoms with Crippen molar-refractivity contribution in [2.45, 2.75) is 58.7 Å². The summed E-state index contributed by atoms with van der Waals surface area (Å²) < 4.78 is 0. The first-order chi connectivity index (χ1) is 12.8. The Bertz CT molecular complexity index is 593. The number of aliphatic carboxylic acids is 1. The van der Waals surface area contributed by atoms with Crippen LogP contribution in [0.5, 0.6) is 0 Å². The average Bonchev–Trinajstić information content (AvgIpc) is 2.56. The molecule has 3 unspecified atom stereocenters. The van der Waals surface area contributed by atoms with Gasteiger partial charge in [-0.1, -0.05) is 27.7 Å². The Morgan fingerprint density at radius 1 is 0.893 bits per heavy atom. The highest BCUT2D eigenvalue weighted by Gasteiger charge is 2.30. The molecule has 0 aromatic heterocycles. The van der Waals surface area contributed by atoms with Gasteiger partial charge in [0.1, 0.15) is 18.6 Å². The highest BCUT2D eigenvalue weighted by molar-refractivity contribution is 5.95. The van der Waals surface area contributed by atoms with E-state index in [1.165, 1.54) is 0 Å². The molecular weight excluding hydrogens is 370 g/mol. The summed E-state index contributed by atoms with van der Waals surface area (Å²) in [5, 5.41) is 15.6. The first-order valence-corrected chi connectivity index (χ1v) is 8.99. The van der Waals surface area contributed by atoms with E-state index in [1.54, 1.807) is 13.8 Å². The van der Waals surface area contributed by atoms with Crippen LogP contribution in [0.15, 0.2) is 0 Å². The molecule has 0 saturated carbocycles. The maximum atomic E-state index is 12.6. The van der Waals surface area contributed by atoms with Crippen LogP contribution in [0.25, 0.3) is 0 Å². The summed E-state index contributed by atoms with van der Waals surface area (Å²) in [4.78, 5) is 58.7. The van der Waals surface area contributed by atoms with Gasteiger partial charge in [-0.3, -0.25) is 24.0 Å². The summed E-state index contributed by atoms with van der Waals surface area (Å²) in [5.41, 5.74) is 10.9. The molecule has 8 N–H and O–H groups in total. The second-order valence-corrected chi connectivity index (χ2v) is 7.30. The van der Waals surface area contributed by atoms with Gasteiger partial charge in [-0.05, 0) is 18.3 Å². The van der Waals surface area contributed by atoms with Crippen molar-refractivity contribution >= 4 is 29.6 Å². The van der Waals surface area contributed by atoms with Crippen LogP contribution < -0.4 is 27.4 Å². The number of hydrogen-bond acceptors (Lipinski definition) is 6. The Hall–Kier alpha value is -2.69. The third-order valence-electron chi connectivity index (χ3n) is 3.81. The predicted octanol–water partition coefficient (Wildman–Crippen LogP) is -1.94. The van der Waals surface area contributed by atoms with Crippen molar-refractivity contribution < 1.29 is 29.1 Å². The molecule has 0 aliphatic rings. The molecule has 0 aromatic carbocycles. The fourth-order valence-corrected chi connectivity index (χ4v) is 2.24. The number of carbonyl (C=O) groups is 5. The minimum atomic E-state index is -1.37. The number of carboxylic acids is 1. The minimum Gasteiger partial charge on any atom is -0.480 e. The number of primary amides is 1. The lowest BCUT2D eigenvalue weighted by Gasteiger charge is -2.25. The molecule has 4 amide bonds. The van der Waals surface area contributed by atoms with Gasteiger partial charge < -0.3 is 32.5 Å². The predicted molar refractivity (Wildman–Crippen MR) is 101 cm³/mol. The van der Waals surface area contributed by atoms with Gasteiger partial charge in [-0.25, -0.2) is 0 Å². The number of rotatable bonds is 12. The van der Waals surface area contributed by atoms with E-state index in [2.05, 4.69) is 16.0 Å². The Morgan fingerprint density at radius 3 is 1.86 bits per heavy atom. The second-order valence-electron chi connectivity index (χ2n) is 7.30. The molecule has 0 radical (unpaired) electrons. The lowest BCUT2D eigenvalue weighted by Crippen LogP contribution is -2.57. The third kappa shape index (κ3) is 9.86. The molecule has 0 fully saturated rings. The lowest BCUT2D eigenvalue weighted by atomic mass is 10.00. The number of amides is 4. The van der Waals surface area contributed by atoms with Gasteiger partial charge in [0, 0.05) is 0 Å². The summed E-state index contributed by atoms with van der Waals surface area (Å²) in [6.45, 7) is 6.53. The van der Waals surface area contributed by atoms with Crippen LogP contribution in [0.2, 0.25) is 0 Å². The van der Waals surface area contributed by atoms with Crippen LogP contribution in [0.1, 0.15) is 40.5 Å². The van der Waals surface area contributed by atoms with Gasteiger partial charge >= 0.3 is 5.97 Å². The molecule has 160 valence electrons. The highest BCUT2D eigenvalue weighted by atomic mass is 16.4. The summed E-state index contributed by atoms with van der Waals surface area (Å²) in [5.74, 6) is -4.35. The van der Waals surface area contributed by atoms with Gasteiger partial charge in [0.05, 0.1) is 12.5 Å². The molecule has 11 heteroatoms. The SMILES string of the molecule is CC(C)CC(NC(=O)C(N)C(C)C)C(=O)NC(CC(N)=O)C(=O)NCC(=O)O. The molecule has 0 aliphatic carbocycles. The third-order valence-corrected chi connectivity index (χ3v) is 3.81. The fraction of sp³-hybridized carbons (Fsp3) is 0.706. The smallest absolute Gasteiger partial charge is 0.322 e. The molecule has 0 aromatic rings. The van der Waals surface area contributed by atoms with Crippen LogP contribution in [0, 0.1) is 11.8 Å². The van der Waals surface area contributed by atoms with E-state index in [9.17, 15) is 24.0 Å². The first-order valence-electron chi connectivity index (χ1n) is 8.99. The van der Waals surface area contributed by atoms with Crippen LogP contribution in [0.4, 0.5) is 0 Å². The molecule has 28 heavy (non-hydrogen) atoms. The fourth-order valence-electron chi connectivity index (χ4n) is 2.24. The van der Waals surface area contributed by atoms with Crippen molar-refractivity contribution in [3.8, 4) is 0 Å². The number of hydrogen-bond donors (Lipinski definition) is 6. The Kier molecular flexibility index (Phi) is 10.8. The van der Waals surface area contributed by atoms with Crippen molar-refractivity contribution in [1.29, 1.82) is 0 Å². The highest BCUT2D eigenvalue weighted by Crippen LogP contribution is 2.08. The lowest BCUT2D eigenvalue weighted by molar-refractivity contribution is -0.138. The molecule has 0 saturated heterocycles. The van der Waals surface area contributed by atoms with Crippen LogP contribution in [-0.2, 0) is 24.0 Å². The number of carboxylic acid groups (broad SMARTS) is 1. The van der Waals surface area contributed by atoms with Gasteiger partial charge in [0.15, 0.2) is 0 Å². The Labute approximate surface area is 164 Å². The standard InChI is InChI=1S/C17H31N5O6/c1-8(2)5-10(22-17(28)14(19)9(3)4)16(27)21-11(6-12(18)23)15(26)20-7-13(24)25/h8-11,14H,5-7,19H2,1-4H3,(H2,18,23)(H,20,26)(H,21,27)(H,22,28)(H,24,25). The van der Waals surface area contributed by atoms with Crippen LogP contribution >= 0.6 is 0 Å². The molecule has 0 aliphatic heterocycles. The van der Waals surface area contributed by atoms with Crippen LogP contribution in [-0.4, -0.2) is 59.4 Å². The largest absolute Gasteiger partial charge is 0.480 e. The van der Waals surface area contributed by atoms with Gasteiger partial charge in [0.25, 0.3) is 0 Å². The van der Waals surface area contributed by atoms with E-state index >= 15 is 0 Å². The molecular formula is C17H31N5O6. The molecule has 0 bridgehead atoms. The average molecular weight is 401 g/mol. The van der Waals surface area contributed by atoms with E-state index in [4.69, 9.17) is 16.6 Å². The molecule has 3 atom stereocenters. The number of nitrogens with one attached hydrogen (secondary N) is 3. The van der Waals surface area contributed by atoms with Crippen molar-refractivity contribution in [1.82, 2.24) is 16.0 Å². The van der Waals surface area contributed by atoms with Crippen molar-refractivity contribution in [3.63, 3.8) is 0 Å². The maximum Gasteiger partial charge on any atom is 0.322 e. The van der Waals surface area contributed by atoms with Gasteiger partial charge in [0.2, 0.25) is 23.6 Å². The van der Waals surface area contributed by atoms with Crippen molar-refractivity contribution in [3.05, 3.63) is 0 Å². The van der Waals surface area contributed by atoms with E-state index in [0.29, 0.717) is 0 Å². The van der Waals surface area contributed by atoms with Crippen molar-refractivity contribution in [2.24, 2.45) is 23.3 Å². The second kappa shape index (κ2) is 11.9. The van der Waals surface area contributed by atoms with E-state index in [0.717, 1.165) is 0 Å². The number of carbonyl (C=O) groups excluding carboxylic acids is 4. The Balaban J connectivity index is 5.28. The molecule has 0 heterocycles. The zero-order chi connectivity index (χ0) is 22.0. The zero-order valence-electron chi connectivity index (χ0n) is 16.7. The van der Waals surface area contributed by atoms with Gasteiger partial charge in [-0.2, -0.15) is 0 Å². The summed E-state index contributed by atoms with van der Waals surface area (Å²) in [6, 6.07) is -3.17. The summed E-state index contributed by atoms with van der Waals surface area (Å²) in [6.07, 6.45) is -0.256. The zero-order valence-corrected chi connectivity index (χ0v) is 16.7. The summed E-state index contributed by atoms with van der Waals surface area (Å²) >= 11 is 0.